The molecule has 3 rings (SSSR count). The third-order valence-corrected chi connectivity index (χ3v) is 4.86. The molecule has 0 unspecified atom stereocenters. The van der Waals surface area contributed by atoms with Gasteiger partial charge in [-0.1, -0.05) is 41.7 Å². The summed E-state index contributed by atoms with van der Waals surface area (Å²) in [4.78, 5) is 0. The van der Waals surface area contributed by atoms with Gasteiger partial charge in [0.1, 0.15) is 5.75 Å². The van der Waals surface area contributed by atoms with Crippen molar-refractivity contribution < 1.29 is 4.74 Å². The van der Waals surface area contributed by atoms with Gasteiger partial charge in [-0.15, -0.1) is 0 Å². The Morgan fingerprint density at radius 3 is 2.21 bits per heavy atom. The van der Waals surface area contributed by atoms with Crippen molar-refractivity contribution in [3.63, 3.8) is 0 Å². The first kappa shape index (κ1) is 16.7. The van der Waals surface area contributed by atoms with Crippen molar-refractivity contribution in [2.75, 3.05) is 6.61 Å². The van der Waals surface area contributed by atoms with Crippen LogP contribution in [0.5, 0.6) is 5.75 Å². The maximum absolute atomic E-state index is 5.47. The van der Waals surface area contributed by atoms with E-state index in [1.807, 2.05) is 19.1 Å². The lowest BCUT2D eigenvalue weighted by atomic mass is 9.79. The molecular formula is C23H26O. The van der Waals surface area contributed by atoms with E-state index in [0.29, 0.717) is 18.4 Å². The van der Waals surface area contributed by atoms with Gasteiger partial charge in [0.25, 0.3) is 0 Å². The summed E-state index contributed by atoms with van der Waals surface area (Å²) in [5, 5.41) is 0. The second-order valence-corrected chi connectivity index (χ2v) is 6.69. The minimum absolute atomic E-state index is 0.540. The molecule has 1 nitrogen and oxygen atoms in total. The van der Waals surface area contributed by atoms with E-state index in [0.717, 1.165) is 11.3 Å². The molecule has 0 amide bonds. The van der Waals surface area contributed by atoms with Crippen LogP contribution in [-0.2, 0) is 0 Å². The van der Waals surface area contributed by atoms with Crippen LogP contribution >= 0.6 is 0 Å². The molecule has 1 heteroatoms. The second-order valence-electron chi connectivity index (χ2n) is 6.69. The Morgan fingerprint density at radius 1 is 0.917 bits per heavy atom. The van der Waals surface area contributed by atoms with Crippen LogP contribution in [0.4, 0.5) is 0 Å². The van der Waals surface area contributed by atoms with Gasteiger partial charge in [-0.2, -0.15) is 0 Å². The first-order chi connectivity index (χ1) is 11.7. The molecule has 1 aliphatic carbocycles. The number of benzene rings is 2. The van der Waals surface area contributed by atoms with Gasteiger partial charge in [0, 0.05) is 11.5 Å². The highest BCUT2D eigenvalue weighted by Crippen LogP contribution is 2.35. The van der Waals surface area contributed by atoms with Crippen LogP contribution in [0.15, 0.2) is 48.5 Å². The zero-order valence-corrected chi connectivity index (χ0v) is 14.7. The Morgan fingerprint density at radius 2 is 1.58 bits per heavy atom. The zero-order valence-electron chi connectivity index (χ0n) is 14.7. The summed E-state index contributed by atoms with van der Waals surface area (Å²) in [6, 6.07) is 17.2. The van der Waals surface area contributed by atoms with Crippen molar-refractivity contribution in [2.24, 2.45) is 5.92 Å². The highest BCUT2D eigenvalue weighted by atomic mass is 16.5. The van der Waals surface area contributed by atoms with Crippen molar-refractivity contribution in [2.45, 2.75) is 45.4 Å². The molecule has 0 radical (unpaired) electrons. The van der Waals surface area contributed by atoms with Crippen molar-refractivity contribution in [1.82, 2.24) is 0 Å². The fourth-order valence-electron chi connectivity index (χ4n) is 3.40. The third-order valence-electron chi connectivity index (χ3n) is 4.86. The maximum Gasteiger partial charge on any atom is 0.119 e. The summed E-state index contributed by atoms with van der Waals surface area (Å²) in [6.45, 7) is 4.85. The molecule has 0 heterocycles. The van der Waals surface area contributed by atoms with Crippen molar-refractivity contribution in [3.8, 4) is 17.6 Å². The van der Waals surface area contributed by atoms with Crippen LogP contribution < -0.4 is 4.74 Å². The monoisotopic (exact) mass is 318 g/mol. The molecule has 0 bridgehead atoms. The van der Waals surface area contributed by atoms with Gasteiger partial charge in [0.2, 0.25) is 0 Å². The largest absolute Gasteiger partial charge is 0.494 e. The predicted molar refractivity (Wildman–Crippen MR) is 100 cm³/mol. The van der Waals surface area contributed by atoms with Gasteiger partial charge in [-0.3, -0.25) is 0 Å². The molecule has 0 saturated heterocycles. The predicted octanol–water partition coefficient (Wildman–Crippen LogP) is 5.72. The smallest absolute Gasteiger partial charge is 0.119 e. The molecule has 0 N–H and O–H groups in total. The number of hydrogen-bond acceptors (Lipinski definition) is 1. The molecular weight excluding hydrogens is 292 g/mol. The minimum atomic E-state index is 0.540. The molecule has 2 aromatic rings. The summed E-state index contributed by atoms with van der Waals surface area (Å²) in [7, 11) is 0. The second kappa shape index (κ2) is 8.06. The van der Waals surface area contributed by atoms with E-state index < -0.39 is 0 Å². The lowest BCUT2D eigenvalue weighted by Crippen LogP contribution is -2.12. The normalized spacial score (nSPS) is 20.1. The quantitative estimate of drug-likeness (QED) is 0.658. The van der Waals surface area contributed by atoms with Gasteiger partial charge in [0.05, 0.1) is 6.61 Å². The minimum Gasteiger partial charge on any atom is -0.494 e. The van der Waals surface area contributed by atoms with E-state index in [1.165, 1.54) is 36.8 Å². The number of ether oxygens (including phenoxy) is 1. The molecule has 124 valence electrons. The zero-order chi connectivity index (χ0) is 16.8. The average Bonchev–Trinajstić information content (AvgIpc) is 2.63. The molecule has 1 saturated carbocycles. The fourth-order valence-corrected chi connectivity index (χ4v) is 3.40. The topological polar surface area (TPSA) is 9.23 Å². The average molecular weight is 318 g/mol. The summed E-state index contributed by atoms with van der Waals surface area (Å²) in [6.07, 6.45) is 4.93. The molecule has 0 spiro atoms. The Hall–Kier alpha value is -2.20. The van der Waals surface area contributed by atoms with Crippen molar-refractivity contribution in [3.05, 3.63) is 65.2 Å². The van der Waals surface area contributed by atoms with Gasteiger partial charge in [-0.25, -0.2) is 0 Å². The van der Waals surface area contributed by atoms with Crippen molar-refractivity contribution in [1.29, 1.82) is 0 Å². The summed E-state index contributed by atoms with van der Waals surface area (Å²) in [5.41, 5.74) is 3.92. The molecule has 2 aromatic carbocycles. The highest BCUT2D eigenvalue weighted by molar-refractivity contribution is 5.38. The van der Waals surface area contributed by atoms with Crippen molar-refractivity contribution >= 4 is 0 Å². The van der Waals surface area contributed by atoms with Crippen LogP contribution in [-0.4, -0.2) is 6.61 Å². The molecule has 0 aromatic heterocycles. The first-order valence-corrected chi connectivity index (χ1v) is 9.05. The number of aryl methyl sites for hydroxylation is 1. The highest BCUT2D eigenvalue weighted by Gasteiger charge is 2.20. The molecule has 24 heavy (non-hydrogen) atoms. The van der Waals surface area contributed by atoms with Gasteiger partial charge in [0.15, 0.2) is 0 Å². The number of rotatable bonds is 3. The lowest BCUT2D eigenvalue weighted by Gasteiger charge is -2.26. The Balaban J connectivity index is 1.54. The van der Waals surface area contributed by atoms with Crippen LogP contribution in [0.2, 0.25) is 0 Å². The SMILES string of the molecule is CCOc1ccc(C#CC2CCC(c3ccc(C)cc3)CC2)cc1. The van der Waals surface area contributed by atoms with Gasteiger partial charge in [-0.05, 0) is 75.3 Å². The van der Waals surface area contributed by atoms with Gasteiger partial charge < -0.3 is 4.74 Å². The molecule has 0 aliphatic heterocycles. The van der Waals surface area contributed by atoms with E-state index in [-0.39, 0.29) is 0 Å². The Kier molecular flexibility index (Phi) is 5.59. The van der Waals surface area contributed by atoms with Crippen LogP contribution in [0.25, 0.3) is 0 Å². The summed E-state index contributed by atoms with van der Waals surface area (Å²) in [5.74, 6) is 8.99. The molecule has 1 aliphatic rings. The van der Waals surface area contributed by atoms with E-state index in [4.69, 9.17) is 4.74 Å². The lowest BCUT2D eigenvalue weighted by molar-refractivity contribution is 0.340. The standard InChI is InChI=1S/C23H26O/c1-3-24-23-16-10-20(11-17-23)7-6-19-8-14-22(15-9-19)21-12-4-18(2)5-13-21/h4-5,10-13,16-17,19,22H,3,8-9,14-15H2,1-2H3. The molecule has 1 fully saturated rings. The van der Waals surface area contributed by atoms with E-state index in [1.54, 1.807) is 0 Å². The summed E-state index contributed by atoms with van der Waals surface area (Å²) >= 11 is 0. The Labute approximate surface area is 146 Å². The molecule has 0 atom stereocenters. The van der Waals surface area contributed by atoms with Crippen LogP contribution in [0.3, 0.4) is 0 Å². The van der Waals surface area contributed by atoms with Gasteiger partial charge >= 0.3 is 0 Å². The maximum atomic E-state index is 5.47. The fraction of sp³-hybridized carbons (Fsp3) is 0.391. The number of hydrogen-bond donors (Lipinski definition) is 0. The van der Waals surface area contributed by atoms with E-state index in [9.17, 15) is 0 Å². The van der Waals surface area contributed by atoms with E-state index >= 15 is 0 Å². The van der Waals surface area contributed by atoms with E-state index in [2.05, 4.69) is 55.2 Å². The Bertz CT molecular complexity index is 692. The van der Waals surface area contributed by atoms with Crippen LogP contribution in [0.1, 0.15) is 55.2 Å². The third kappa shape index (κ3) is 4.42. The summed E-state index contributed by atoms with van der Waals surface area (Å²) < 4.78 is 5.47. The van der Waals surface area contributed by atoms with Crippen LogP contribution in [0, 0.1) is 24.7 Å². The first-order valence-electron chi connectivity index (χ1n) is 9.05.